The Labute approximate surface area is 189 Å². The van der Waals surface area contributed by atoms with Crippen LogP contribution in [-0.4, -0.2) is 53.8 Å². The van der Waals surface area contributed by atoms with Crippen LogP contribution >= 0.6 is 0 Å². The van der Waals surface area contributed by atoms with Crippen LogP contribution in [0.5, 0.6) is 5.75 Å². The minimum absolute atomic E-state index is 0.0772. The van der Waals surface area contributed by atoms with Crippen molar-refractivity contribution in [2.75, 3.05) is 38.2 Å². The zero-order valence-electron chi connectivity index (χ0n) is 19.0. The molecule has 7 nitrogen and oxygen atoms in total. The van der Waals surface area contributed by atoms with Gasteiger partial charge in [-0.15, -0.1) is 0 Å². The number of amides is 2. The predicted molar refractivity (Wildman–Crippen MR) is 126 cm³/mol. The van der Waals surface area contributed by atoms with Crippen LogP contribution in [0.2, 0.25) is 0 Å². The first-order valence-corrected chi connectivity index (χ1v) is 11.0. The van der Waals surface area contributed by atoms with E-state index in [1.54, 1.807) is 13.3 Å². The van der Waals surface area contributed by atoms with Crippen LogP contribution in [0, 0.1) is 6.92 Å². The Morgan fingerprint density at radius 3 is 2.62 bits per heavy atom. The highest BCUT2D eigenvalue weighted by Crippen LogP contribution is 2.25. The Morgan fingerprint density at radius 1 is 1.09 bits per heavy atom. The van der Waals surface area contributed by atoms with Crippen LogP contribution in [0.3, 0.4) is 0 Å². The number of nitrogens with zero attached hydrogens (tertiary/aromatic N) is 4. The molecule has 0 spiro atoms. The van der Waals surface area contributed by atoms with Crippen molar-refractivity contribution >= 4 is 11.7 Å². The highest BCUT2D eigenvalue weighted by Gasteiger charge is 2.25. The van der Waals surface area contributed by atoms with Crippen molar-refractivity contribution in [3.63, 3.8) is 0 Å². The van der Waals surface area contributed by atoms with Gasteiger partial charge in [0.25, 0.3) is 0 Å². The Kier molecular flexibility index (Phi) is 6.63. The summed E-state index contributed by atoms with van der Waals surface area (Å²) < 4.78 is 7.33. The van der Waals surface area contributed by atoms with Crippen molar-refractivity contribution in [1.82, 2.24) is 19.8 Å². The van der Waals surface area contributed by atoms with E-state index in [-0.39, 0.29) is 12.1 Å². The summed E-state index contributed by atoms with van der Waals surface area (Å²) >= 11 is 0. The smallest absolute Gasteiger partial charge is 0.318 e. The summed E-state index contributed by atoms with van der Waals surface area (Å²) in [5.74, 6) is 1.53. The van der Waals surface area contributed by atoms with Gasteiger partial charge in [-0.25, -0.2) is 9.78 Å². The molecule has 1 N–H and O–H groups in total. The lowest BCUT2D eigenvalue weighted by molar-refractivity contribution is 0.198. The highest BCUT2D eigenvalue weighted by atomic mass is 16.5. The number of urea groups is 1. The van der Waals surface area contributed by atoms with Gasteiger partial charge < -0.3 is 24.4 Å². The summed E-state index contributed by atoms with van der Waals surface area (Å²) in [5.41, 5.74) is 3.39. The van der Waals surface area contributed by atoms with E-state index < -0.39 is 0 Å². The highest BCUT2D eigenvalue weighted by molar-refractivity contribution is 5.75. The number of aromatic nitrogens is 2. The first-order valence-electron chi connectivity index (χ1n) is 11.0. The number of rotatable bonds is 5. The summed E-state index contributed by atoms with van der Waals surface area (Å²) in [4.78, 5) is 22.1. The van der Waals surface area contributed by atoms with Gasteiger partial charge >= 0.3 is 6.03 Å². The van der Waals surface area contributed by atoms with E-state index in [0.29, 0.717) is 6.54 Å². The van der Waals surface area contributed by atoms with Gasteiger partial charge in [-0.2, -0.15) is 0 Å². The molecule has 2 aromatic carbocycles. The molecule has 1 aliphatic rings. The monoisotopic (exact) mass is 433 g/mol. The van der Waals surface area contributed by atoms with Crippen LogP contribution in [0.15, 0.2) is 60.9 Å². The number of hydrogen-bond acceptors (Lipinski definition) is 4. The van der Waals surface area contributed by atoms with Crippen LogP contribution < -0.4 is 15.0 Å². The third-order valence-corrected chi connectivity index (χ3v) is 5.99. The van der Waals surface area contributed by atoms with Gasteiger partial charge in [0.1, 0.15) is 17.6 Å². The number of methoxy groups -OCH3 is 1. The molecule has 4 rings (SSSR count). The second kappa shape index (κ2) is 9.77. The van der Waals surface area contributed by atoms with Gasteiger partial charge in [0.15, 0.2) is 0 Å². The van der Waals surface area contributed by atoms with Gasteiger partial charge in [-0.3, -0.25) is 0 Å². The number of hydrogen-bond donors (Lipinski definition) is 1. The fourth-order valence-electron chi connectivity index (χ4n) is 4.12. The average molecular weight is 434 g/mol. The lowest BCUT2D eigenvalue weighted by Crippen LogP contribution is -2.44. The third-order valence-electron chi connectivity index (χ3n) is 5.99. The van der Waals surface area contributed by atoms with E-state index in [4.69, 9.17) is 4.74 Å². The van der Waals surface area contributed by atoms with Gasteiger partial charge in [0, 0.05) is 51.3 Å². The number of imidazole rings is 1. The zero-order chi connectivity index (χ0) is 22.5. The second-order valence-electron chi connectivity index (χ2n) is 8.22. The number of anilines is 1. The van der Waals surface area contributed by atoms with E-state index in [0.717, 1.165) is 43.2 Å². The molecular weight excluding hydrogens is 402 g/mol. The summed E-state index contributed by atoms with van der Waals surface area (Å²) in [6.07, 6.45) is 4.56. The predicted octanol–water partition coefficient (Wildman–Crippen LogP) is 3.75. The summed E-state index contributed by atoms with van der Waals surface area (Å²) in [6, 6.07) is 15.9. The third kappa shape index (κ3) is 4.88. The first kappa shape index (κ1) is 21.7. The van der Waals surface area contributed by atoms with E-state index in [1.165, 1.54) is 11.3 Å². The van der Waals surface area contributed by atoms with E-state index in [2.05, 4.69) is 46.4 Å². The van der Waals surface area contributed by atoms with Crippen LogP contribution in [0.1, 0.15) is 29.4 Å². The Balaban J connectivity index is 1.49. The molecule has 7 heteroatoms. The lowest BCUT2D eigenvalue weighted by Gasteiger charge is -2.26. The first-order chi connectivity index (χ1) is 15.5. The number of carbonyl (C=O) groups is 1. The molecule has 1 aromatic heterocycles. The molecule has 3 aromatic rings. The second-order valence-corrected chi connectivity index (χ2v) is 8.22. The SMILES string of the molecule is COc1cccc(C(NC(=O)N2CCCN(c3ccc(C)cc3)CC2)c2nccn2C)c1. The van der Waals surface area contributed by atoms with Crippen molar-refractivity contribution in [2.45, 2.75) is 19.4 Å². The molecule has 1 aliphatic heterocycles. The molecule has 0 bridgehead atoms. The fraction of sp³-hybridized carbons (Fsp3) is 0.360. The molecule has 1 fully saturated rings. The number of aryl methyl sites for hydroxylation is 2. The number of benzene rings is 2. The van der Waals surface area contributed by atoms with E-state index in [9.17, 15) is 4.79 Å². The maximum atomic E-state index is 13.3. The van der Waals surface area contributed by atoms with Gasteiger partial charge in [0.2, 0.25) is 0 Å². The van der Waals surface area contributed by atoms with Crippen LogP contribution in [0.4, 0.5) is 10.5 Å². The quantitative estimate of drug-likeness (QED) is 0.666. The van der Waals surface area contributed by atoms with Crippen LogP contribution in [0.25, 0.3) is 0 Å². The molecule has 0 aliphatic carbocycles. The van der Waals surface area contributed by atoms with Crippen molar-refractivity contribution < 1.29 is 9.53 Å². The number of carbonyl (C=O) groups excluding carboxylic acids is 1. The van der Waals surface area contributed by atoms with Crippen molar-refractivity contribution in [1.29, 1.82) is 0 Å². The van der Waals surface area contributed by atoms with Crippen molar-refractivity contribution in [3.05, 3.63) is 77.9 Å². The molecule has 1 unspecified atom stereocenters. The summed E-state index contributed by atoms with van der Waals surface area (Å²) in [5, 5.41) is 3.22. The van der Waals surface area contributed by atoms with Crippen LogP contribution in [-0.2, 0) is 7.05 Å². The zero-order valence-corrected chi connectivity index (χ0v) is 19.0. The molecule has 1 atom stereocenters. The standard InChI is InChI=1S/C25H31N5O2/c1-19-8-10-21(11-9-19)29-13-5-14-30(17-16-29)25(31)27-23(24-26-12-15-28(24)2)20-6-4-7-22(18-20)32-3/h4,6-12,15,18,23H,5,13-14,16-17H2,1-3H3,(H,27,31). The summed E-state index contributed by atoms with van der Waals surface area (Å²) in [7, 11) is 3.58. The molecule has 1 saturated heterocycles. The topological polar surface area (TPSA) is 62.6 Å². The van der Waals surface area contributed by atoms with Gasteiger partial charge in [-0.1, -0.05) is 29.8 Å². The van der Waals surface area contributed by atoms with Crippen molar-refractivity contribution in [3.8, 4) is 5.75 Å². The maximum Gasteiger partial charge on any atom is 0.318 e. The molecule has 2 heterocycles. The van der Waals surface area contributed by atoms with E-state index in [1.807, 2.05) is 47.0 Å². The minimum Gasteiger partial charge on any atom is -0.497 e. The van der Waals surface area contributed by atoms with Gasteiger partial charge in [-0.05, 0) is 43.2 Å². The Bertz CT molecular complexity index is 1050. The normalized spacial score (nSPS) is 15.2. The molecule has 32 heavy (non-hydrogen) atoms. The van der Waals surface area contributed by atoms with E-state index >= 15 is 0 Å². The molecular formula is C25H31N5O2. The minimum atomic E-state index is -0.367. The molecule has 168 valence electrons. The Morgan fingerprint density at radius 2 is 1.91 bits per heavy atom. The number of ether oxygens (including phenoxy) is 1. The molecule has 2 amide bonds. The number of nitrogens with one attached hydrogen (secondary N) is 1. The Hall–Kier alpha value is -3.48. The van der Waals surface area contributed by atoms with Crippen molar-refractivity contribution in [2.24, 2.45) is 7.05 Å². The maximum absolute atomic E-state index is 13.3. The molecule has 0 radical (unpaired) electrons. The fourth-order valence-corrected chi connectivity index (χ4v) is 4.12. The molecule has 0 saturated carbocycles. The summed E-state index contributed by atoms with van der Waals surface area (Å²) in [6.45, 7) is 5.23. The van der Waals surface area contributed by atoms with Gasteiger partial charge in [0.05, 0.1) is 7.11 Å². The average Bonchev–Trinajstić information content (AvgIpc) is 3.08. The largest absolute Gasteiger partial charge is 0.497 e. The lowest BCUT2D eigenvalue weighted by atomic mass is 10.1.